The fourth-order valence-corrected chi connectivity index (χ4v) is 1.95. The van der Waals surface area contributed by atoms with Crippen LogP contribution in [-0.2, 0) is 14.0 Å². The fourth-order valence-electron chi connectivity index (χ4n) is 0.994. The topological polar surface area (TPSA) is 90.0 Å². The van der Waals surface area contributed by atoms with Crippen LogP contribution in [0.4, 0.5) is 0 Å². The van der Waals surface area contributed by atoms with Crippen LogP contribution in [0, 0.1) is 0 Å². The average molecular weight is 198 g/mol. The van der Waals surface area contributed by atoms with Gasteiger partial charge in [0, 0.05) is 0 Å². The molecule has 0 spiro atoms. The summed E-state index contributed by atoms with van der Waals surface area (Å²) in [5.41, 5.74) is 0. The molecule has 2 heterocycles. The molecular weight excluding hydrogens is 187 g/mol. The first-order valence-electron chi connectivity index (χ1n) is 3.64. The maximum atomic E-state index is 9.10. The molecule has 72 valence electrons. The summed E-state index contributed by atoms with van der Waals surface area (Å²) in [6.07, 6.45) is 0. The van der Waals surface area contributed by atoms with E-state index in [0.717, 1.165) is 13.1 Å². The number of nitrogens with one attached hydrogen (secondary N) is 1. The molecule has 2 saturated heterocycles. The average Bonchev–Trinajstić information content (AvgIpc) is 2.64. The Morgan fingerprint density at radius 2 is 1.83 bits per heavy atom. The zero-order valence-electron chi connectivity index (χ0n) is 6.34. The Morgan fingerprint density at radius 3 is 2.33 bits per heavy atom. The second kappa shape index (κ2) is 2.57. The summed E-state index contributed by atoms with van der Waals surface area (Å²) >= 11 is 0. The van der Waals surface area contributed by atoms with Gasteiger partial charge in [0.05, 0.1) is 0 Å². The summed E-state index contributed by atoms with van der Waals surface area (Å²) in [5, 5.41) is 4.50. The van der Waals surface area contributed by atoms with Crippen molar-refractivity contribution in [1.82, 2.24) is 10.4 Å². The van der Waals surface area contributed by atoms with Gasteiger partial charge in [0.1, 0.15) is 0 Å². The fraction of sp³-hybridized carbons (Fsp3) is 1.00. The molecule has 0 saturated carbocycles. The van der Waals surface area contributed by atoms with Crippen molar-refractivity contribution in [3.05, 3.63) is 0 Å². The van der Waals surface area contributed by atoms with Crippen molar-refractivity contribution in [2.24, 2.45) is 0 Å². The molecule has 2 rings (SSSR count). The van der Waals surface area contributed by atoms with Crippen molar-refractivity contribution in [2.75, 3.05) is 26.2 Å². The van der Waals surface area contributed by atoms with Gasteiger partial charge in [-0.2, -0.15) is 0 Å². The minimum atomic E-state index is -4.55. The van der Waals surface area contributed by atoms with E-state index in [1.807, 2.05) is 0 Å². The number of hydroxylamine groups is 2. The Labute approximate surface area is 69.0 Å². The summed E-state index contributed by atoms with van der Waals surface area (Å²) in [7, 11) is -4.55. The molecule has 8 heteroatoms. The number of rotatable bonds is 2. The Bertz CT molecular complexity index is 186. The van der Waals surface area contributed by atoms with Crippen LogP contribution in [0.3, 0.4) is 0 Å². The zero-order valence-corrected chi connectivity index (χ0v) is 7.24. The van der Waals surface area contributed by atoms with Crippen molar-refractivity contribution < 1.29 is 23.8 Å². The van der Waals surface area contributed by atoms with Crippen LogP contribution in [0.15, 0.2) is 0 Å². The third-order valence-corrected chi connectivity index (χ3v) is 2.65. The zero-order chi connectivity index (χ0) is 8.68. The number of hydrogen-bond acceptors (Lipinski definition) is 7. The van der Waals surface area contributed by atoms with Crippen molar-refractivity contribution in [2.45, 2.75) is 0 Å². The number of nitrogens with zero attached hydrogens (tertiary/aromatic N) is 1. The molecule has 0 aromatic heterocycles. The summed E-state index contributed by atoms with van der Waals surface area (Å²) in [6, 6.07) is 0. The quantitative estimate of drug-likeness (QED) is 0.294. The van der Waals surface area contributed by atoms with Crippen molar-refractivity contribution in [3.63, 3.8) is 0 Å². The molecule has 2 aliphatic heterocycles. The van der Waals surface area contributed by atoms with E-state index in [1.165, 1.54) is 5.06 Å². The third kappa shape index (κ3) is 1.90. The van der Waals surface area contributed by atoms with Gasteiger partial charge in [-0.1, -0.05) is 0 Å². The van der Waals surface area contributed by atoms with Gasteiger partial charge in [-0.3, -0.25) is 0 Å². The Balaban J connectivity index is 1.86. The van der Waals surface area contributed by atoms with Crippen LogP contribution in [0.2, 0.25) is 0 Å². The molecule has 0 aromatic carbocycles. The van der Waals surface area contributed by atoms with Gasteiger partial charge >= 0.3 is 68.1 Å². The second-order valence-corrected chi connectivity index (χ2v) is 4.78. The van der Waals surface area contributed by atoms with E-state index in [0.29, 0.717) is 13.1 Å². The van der Waals surface area contributed by atoms with E-state index in [-0.39, 0.29) is 0 Å². The van der Waals surface area contributed by atoms with E-state index in [1.54, 1.807) is 0 Å². The molecule has 7 nitrogen and oxygen atoms in total. The Kier molecular flexibility index (Phi) is 1.87. The summed E-state index contributed by atoms with van der Waals surface area (Å²) in [5.74, 6) is 0. The van der Waals surface area contributed by atoms with Gasteiger partial charge in [-0.15, -0.1) is 0 Å². The van der Waals surface area contributed by atoms with Gasteiger partial charge in [0.15, 0.2) is 0 Å². The SMILES string of the molecule is OP1(O)(ON2CCNCC2)OO1. The normalized spacial score (nSPS) is 36.7. The van der Waals surface area contributed by atoms with Crippen LogP contribution >= 0.6 is 7.74 Å². The predicted molar refractivity (Wildman–Crippen MR) is 39.1 cm³/mol. The third-order valence-electron chi connectivity index (χ3n) is 1.60. The molecule has 0 radical (unpaired) electrons. The van der Waals surface area contributed by atoms with Gasteiger partial charge in [0.25, 0.3) is 0 Å². The Morgan fingerprint density at radius 1 is 1.25 bits per heavy atom. The first kappa shape index (κ1) is 8.74. The number of piperazine rings is 1. The molecule has 0 amide bonds. The summed E-state index contributed by atoms with van der Waals surface area (Å²) < 4.78 is 12.9. The van der Waals surface area contributed by atoms with Crippen LogP contribution in [-0.4, -0.2) is 41.0 Å². The summed E-state index contributed by atoms with van der Waals surface area (Å²) in [4.78, 5) is 18.2. The van der Waals surface area contributed by atoms with Crippen molar-refractivity contribution in [3.8, 4) is 0 Å². The van der Waals surface area contributed by atoms with Gasteiger partial charge in [-0.05, 0) is 0 Å². The van der Waals surface area contributed by atoms with E-state index >= 15 is 0 Å². The van der Waals surface area contributed by atoms with Crippen LogP contribution in [0.25, 0.3) is 0 Å². The molecule has 2 aliphatic rings. The molecule has 2 fully saturated rings. The maximum absolute atomic E-state index is 9.10. The monoisotopic (exact) mass is 198 g/mol. The molecule has 0 aliphatic carbocycles. The van der Waals surface area contributed by atoms with Gasteiger partial charge < -0.3 is 0 Å². The molecular formula is C4H11N2O5P. The van der Waals surface area contributed by atoms with E-state index < -0.39 is 7.74 Å². The van der Waals surface area contributed by atoms with Gasteiger partial charge in [0.2, 0.25) is 0 Å². The Hall–Kier alpha value is 0.150. The first-order chi connectivity index (χ1) is 5.57. The summed E-state index contributed by atoms with van der Waals surface area (Å²) in [6.45, 7) is 2.64. The van der Waals surface area contributed by atoms with Crippen LogP contribution in [0.5, 0.6) is 0 Å². The van der Waals surface area contributed by atoms with Crippen LogP contribution in [0.1, 0.15) is 0 Å². The van der Waals surface area contributed by atoms with Crippen molar-refractivity contribution in [1.29, 1.82) is 0 Å². The molecule has 12 heavy (non-hydrogen) atoms. The minimum absolute atomic E-state index is 0.575. The van der Waals surface area contributed by atoms with Crippen molar-refractivity contribution >= 4 is 7.74 Å². The second-order valence-electron chi connectivity index (χ2n) is 2.71. The molecule has 0 atom stereocenters. The van der Waals surface area contributed by atoms with E-state index in [9.17, 15) is 0 Å². The van der Waals surface area contributed by atoms with Crippen LogP contribution < -0.4 is 5.32 Å². The molecule has 0 aromatic rings. The van der Waals surface area contributed by atoms with Gasteiger partial charge in [-0.25, -0.2) is 0 Å². The van der Waals surface area contributed by atoms with E-state index in [2.05, 4.69) is 14.7 Å². The first-order valence-corrected chi connectivity index (χ1v) is 5.53. The predicted octanol–water partition coefficient (Wildman–Crippen LogP) is -1.10. The molecule has 0 unspecified atom stereocenters. The molecule has 3 N–H and O–H groups in total. The standard InChI is InChI=1S/C4H11N2O5P/c7-12(8,10-11-12)9-6-3-1-5-2-4-6/h5,7-8H,1-4H2. The number of hydrogen-bond donors (Lipinski definition) is 3. The molecule has 0 bridgehead atoms. The van der Waals surface area contributed by atoms with E-state index in [4.69, 9.17) is 14.4 Å².